The number of anilines is 2. The van der Waals surface area contributed by atoms with Crippen molar-refractivity contribution in [3.05, 3.63) is 58.4 Å². The number of hydrogen-bond donors (Lipinski definition) is 2. The van der Waals surface area contributed by atoms with E-state index in [0.717, 1.165) is 24.3 Å². The molecule has 9 nitrogen and oxygen atoms in total. The average molecular weight is 425 g/mol. The molecule has 0 aliphatic heterocycles. The summed E-state index contributed by atoms with van der Waals surface area (Å²) in [6.45, 7) is 4.61. The Hall–Kier alpha value is -3.46. The summed E-state index contributed by atoms with van der Waals surface area (Å²) in [5.41, 5.74) is 2.11. The summed E-state index contributed by atoms with van der Waals surface area (Å²) < 4.78 is 5.84. The number of nitro benzene ring substituents is 1. The Morgan fingerprint density at radius 2 is 2.00 bits per heavy atom. The maximum absolute atomic E-state index is 11.5. The third-order valence-corrected chi connectivity index (χ3v) is 4.69. The molecule has 0 radical (unpaired) electrons. The normalized spacial score (nSPS) is 11.0. The van der Waals surface area contributed by atoms with E-state index < -0.39 is 4.92 Å². The van der Waals surface area contributed by atoms with Crippen molar-refractivity contribution in [2.45, 2.75) is 19.9 Å². The number of nitrogens with zero attached hydrogens (tertiary/aromatic N) is 4. The van der Waals surface area contributed by atoms with Crippen LogP contribution in [0.15, 0.2) is 42.7 Å². The van der Waals surface area contributed by atoms with E-state index in [1.165, 1.54) is 12.4 Å². The first-order valence-electron chi connectivity index (χ1n) is 10.2. The number of fused-ring (bicyclic) bond motifs is 1. The minimum atomic E-state index is -0.397. The molecule has 2 aromatic carbocycles. The predicted octanol–water partition coefficient (Wildman–Crippen LogP) is 3.91. The zero-order chi connectivity index (χ0) is 22.2. The summed E-state index contributed by atoms with van der Waals surface area (Å²) in [6.07, 6.45) is 2.41. The molecule has 0 atom stereocenters. The highest BCUT2D eigenvalue weighted by atomic mass is 16.6. The maximum Gasteiger partial charge on any atom is 0.293 e. The van der Waals surface area contributed by atoms with Crippen LogP contribution in [0.2, 0.25) is 0 Å². The second-order valence-electron chi connectivity index (χ2n) is 7.40. The molecule has 3 aromatic rings. The van der Waals surface area contributed by atoms with E-state index in [1.807, 2.05) is 45.3 Å². The van der Waals surface area contributed by atoms with Crippen molar-refractivity contribution >= 4 is 28.1 Å². The van der Waals surface area contributed by atoms with E-state index in [-0.39, 0.29) is 5.69 Å². The molecule has 9 heteroatoms. The molecule has 0 aliphatic rings. The molecule has 164 valence electrons. The molecule has 0 fully saturated rings. The largest absolute Gasteiger partial charge is 0.494 e. The minimum absolute atomic E-state index is 0.000298. The zero-order valence-corrected chi connectivity index (χ0v) is 18.1. The zero-order valence-electron chi connectivity index (χ0n) is 18.1. The van der Waals surface area contributed by atoms with Crippen LogP contribution in [-0.4, -0.2) is 53.6 Å². The molecule has 1 aromatic heterocycles. The fourth-order valence-corrected chi connectivity index (χ4v) is 3.22. The second kappa shape index (κ2) is 10.5. The number of nitrogens with one attached hydrogen (secondary N) is 2. The first-order valence-corrected chi connectivity index (χ1v) is 10.2. The van der Waals surface area contributed by atoms with Gasteiger partial charge in [0.1, 0.15) is 23.6 Å². The fraction of sp³-hybridized carbons (Fsp3) is 0.364. The molecule has 31 heavy (non-hydrogen) atoms. The first kappa shape index (κ1) is 22.2. The molecule has 0 spiro atoms. The van der Waals surface area contributed by atoms with Gasteiger partial charge in [0.05, 0.1) is 17.0 Å². The quantitative estimate of drug-likeness (QED) is 0.271. The number of hydrogen-bond acceptors (Lipinski definition) is 8. The molecular formula is C22H28N6O3. The molecule has 0 unspecified atom stereocenters. The molecule has 0 aliphatic carbocycles. The Bertz CT molecular complexity index is 1040. The van der Waals surface area contributed by atoms with Gasteiger partial charge in [-0.3, -0.25) is 10.1 Å². The molecular weight excluding hydrogens is 396 g/mol. The number of nitro groups is 1. The lowest BCUT2D eigenvalue weighted by atomic mass is 10.1. The maximum atomic E-state index is 11.5. The molecule has 0 amide bonds. The lowest BCUT2D eigenvalue weighted by molar-refractivity contribution is -0.383. The van der Waals surface area contributed by atoms with E-state index in [2.05, 4.69) is 25.5 Å². The Kier molecular flexibility index (Phi) is 7.55. The van der Waals surface area contributed by atoms with Gasteiger partial charge in [-0.05, 0) is 51.2 Å². The third kappa shape index (κ3) is 6.02. The number of ether oxygens (including phenoxy) is 1. The molecule has 1 heterocycles. The molecule has 3 rings (SSSR count). The predicted molar refractivity (Wildman–Crippen MR) is 123 cm³/mol. The van der Waals surface area contributed by atoms with Gasteiger partial charge in [-0.25, -0.2) is 9.97 Å². The average Bonchev–Trinajstić information content (AvgIpc) is 2.75. The van der Waals surface area contributed by atoms with Crippen LogP contribution in [0.1, 0.15) is 18.9 Å². The number of benzene rings is 2. The van der Waals surface area contributed by atoms with Crippen LogP contribution in [0.4, 0.5) is 17.2 Å². The topological polar surface area (TPSA) is 105 Å². The van der Waals surface area contributed by atoms with Gasteiger partial charge < -0.3 is 20.3 Å². The summed E-state index contributed by atoms with van der Waals surface area (Å²) in [7, 11) is 4.08. The van der Waals surface area contributed by atoms with Crippen LogP contribution in [-0.2, 0) is 6.54 Å². The summed E-state index contributed by atoms with van der Waals surface area (Å²) in [5, 5.41) is 18.4. The van der Waals surface area contributed by atoms with Gasteiger partial charge in [0.2, 0.25) is 0 Å². The van der Waals surface area contributed by atoms with Gasteiger partial charge in [-0.1, -0.05) is 12.1 Å². The highest BCUT2D eigenvalue weighted by Gasteiger charge is 2.17. The van der Waals surface area contributed by atoms with E-state index in [0.29, 0.717) is 42.1 Å². The molecule has 2 N–H and O–H groups in total. The van der Waals surface area contributed by atoms with Crippen molar-refractivity contribution in [3.8, 4) is 5.75 Å². The highest BCUT2D eigenvalue weighted by molar-refractivity contribution is 5.94. The van der Waals surface area contributed by atoms with Gasteiger partial charge in [-0.2, -0.15) is 0 Å². The van der Waals surface area contributed by atoms with Crippen molar-refractivity contribution < 1.29 is 9.66 Å². The molecule has 0 saturated heterocycles. The van der Waals surface area contributed by atoms with Crippen molar-refractivity contribution in [2.24, 2.45) is 0 Å². The van der Waals surface area contributed by atoms with Gasteiger partial charge in [-0.15, -0.1) is 0 Å². The summed E-state index contributed by atoms with van der Waals surface area (Å²) >= 11 is 0. The van der Waals surface area contributed by atoms with Crippen molar-refractivity contribution in [1.82, 2.24) is 14.9 Å². The standard InChI is InChI=1S/C22H28N6O3/c1-4-23-20-13-19-18(12-21(20)28(29)30)22(26-15-25-19)24-14-16-7-5-8-17(11-16)31-10-6-9-27(2)3/h5,7-8,11-13,15,23H,4,6,9-10,14H2,1-3H3,(H,24,25,26). The van der Waals surface area contributed by atoms with Gasteiger partial charge in [0.25, 0.3) is 5.69 Å². The monoisotopic (exact) mass is 424 g/mol. The van der Waals surface area contributed by atoms with Crippen LogP contribution in [0, 0.1) is 10.1 Å². The Labute approximate surface area is 181 Å². The molecule has 0 bridgehead atoms. The first-order chi connectivity index (χ1) is 15.0. The van der Waals surface area contributed by atoms with E-state index in [4.69, 9.17) is 4.74 Å². The van der Waals surface area contributed by atoms with E-state index >= 15 is 0 Å². The second-order valence-corrected chi connectivity index (χ2v) is 7.40. The van der Waals surface area contributed by atoms with Crippen LogP contribution < -0.4 is 15.4 Å². The Morgan fingerprint density at radius 1 is 1.16 bits per heavy atom. The molecule has 0 saturated carbocycles. The highest BCUT2D eigenvalue weighted by Crippen LogP contribution is 2.32. The minimum Gasteiger partial charge on any atom is -0.494 e. The third-order valence-electron chi connectivity index (χ3n) is 4.69. The Balaban J connectivity index is 1.74. The van der Waals surface area contributed by atoms with Gasteiger partial charge in [0, 0.05) is 31.1 Å². The van der Waals surface area contributed by atoms with Crippen LogP contribution >= 0.6 is 0 Å². The van der Waals surface area contributed by atoms with Gasteiger partial charge >= 0.3 is 0 Å². The van der Waals surface area contributed by atoms with Crippen LogP contribution in [0.3, 0.4) is 0 Å². The summed E-state index contributed by atoms with van der Waals surface area (Å²) in [4.78, 5) is 21.8. The van der Waals surface area contributed by atoms with Crippen molar-refractivity contribution in [1.29, 1.82) is 0 Å². The van der Waals surface area contributed by atoms with Gasteiger partial charge in [0.15, 0.2) is 0 Å². The van der Waals surface area contributed by atoms with Crippen molar-refractivity contribution in [2.75, 3.05) is 44.4 Å². The number of rotatable bonds is 11. The summed E-state index contributed by atoms with van der Waals surface area (Å²) in [5.74, 6) is 1.37. The summed E-state index contributed by atoms with van der Waals surface area (Å²) in [6, 6.07) is 11.1. The smallest absolute Gasteiger partial charge is 0.293 e. The number of aromatic nitrogens is 2. The van der Waals surface area contributed by atoms with E-state index in [1.54, 1.807) is 6.07 Å². The lowest BCUT2D eigenvalue weighted by Crippen LogP contribution is -2.15. The van der Waals surface area contributed by atoms with E-state index in [9.17, 15) is 10.1 Å². The SMILES string of the molecule is CCNc1cc2ncnc(NCc3cccc(OCCCN(C)C)c3)c2cc1[N+](=O)[O-]. The Morgan fingerprint density at radius 3 is 2.74 bits per heavy atom. The van der Waals surface area contributed by atoms with Crippen molar-refractivity contribution in [3.63, 3.8) is 0 Å². The lowest BCUT2D eigenvalue weighted by Gasteiger charge is -2.12. The van der Waals surface area contributed by atoms with Crippen LogP contribution in [0.5, 0.6) is 5.75 Å². The van der Waals surface area contributed by atoms with Crippen LogP contribution in [0.25, 0.3) is 10.9 Å². The fourth-order valence-electron chi connectivity index (χ4n) is 3.22.